The minimum absolute atomic E-state index is 0.184. The molecule has 0 amide bonds. The van der Waals surface area contributed by atoms with Crippen LogP contribution in [0.1, 0.15) is 60.9 Å². The van der Waals surface area contributed by atoms with Crippen LogP contribution in [0.2, 0.25) is 0 Å². The molecule has 0 aliphatic heterocycles. The molecule has 1 saturated carbocycles. The Morgan fingerprint density at radius 3 is 2.69 bits per heavy atom. The van der Waals surface area contributed by atoms with Crippen molar-refractivity contribution in [1.82, 2.24) is 4.98 Å². The lowest BCUT2D eigenvalue weighted by atomic mass is 9.80. The van der Waals surface area contributed by atoms with Gasteiger partial charge in [0.15, 0.2) is 5.78 Å². The van der Waals surface area contributed by atoms with Gasteiger partial charge in [-0.25, -0.2) is 0 Å². The highest BCUT2D eigenvalue weighted by atomic mass is 16.1. The van der Waals surface area contributed by atoms with Gasteiger partial charge in [0.25, 0.3) is 0 Å². The molecule has 1 aromatic heterocycles. The molecule has 0 bridgehead atoms. The molecule has 26 heavy (non-hydrogen) atoms. The Labute approximate surface area is 154 Å². The molecule has 134 valence electrons. The van der Waals surface area contributed by atoms with Crippen molar-refractivity contribution in [1.29, 1.82) is 0 Å². The van der Waals surface area contributed by atoms with E-state index in [0.717, 1.165) is 23.9 Å². The van der Waals surface area contributed by atoms with Crippen molar-refractivity contribution in [2.45, 2.75) is 51.0 Å². The van der Waals surface area contributed by atoms with E-state index in [0.29, 0.717) is 12.3 Å². The Kier molecular flexibility index (Phi) is 4.64. The van der Waals surface area contributed by atoms with Crippen molar-refractivity contribution in [2.24, 2.45) is 5.73 Å². The summed E-state index contributed by atoms with van der Waals surface area (Å²) in [5, 5.41) is 1.23. The summed E-state index contributed by atoms with van der Waals surface area (Å²) in [7, 11) is 0. The van der Waals surface area contributed by atoms with E-state index in [1.54, 1.807) is 0 Å². The quantitative estimate of drug-likeness (QED) is 0.620. The molecule has 2 atom stereocenters. The molecular weight excluding hydrogens is 320 g/mol. The first-order valence-corrected chi connectivity index (χ1v) is 9.67. The van der Waals surface area contributed by atoms with Gasteiger partial charge < -0.3 is 10.7 Å². The minimum Gasteiger partial charge on any atom is -0.354 e. The third-order valence-corrected chi connectivity index (χ3v) is 5.67. The number of carbonyl (C=O) groups is 1. The van der Waals surface area contributed by atoms with Gasteiger partial charge in [0.1, 0.15) is 0 Å². The van der Waals surface area contributed by atoms with E-state index in [-0.39, 0.29) is 11.8 Å². The van der Waals surface area contributed by atoms with Crippen molar-refractivity contribution in [3.05, 3.63) is 59.7 Å². The first kappa shape index (κ1) is 17.0. The highest BCUT2D eigenvalue weighted by Crippen LogP contribution is 2.42. The van der Waals surface area contributed by atoms with Crippen molar-refractivity contribution in [2.75, 3.05) is 0 Å². The van der Waals surface area contributed by atoms with Crippen molar-refractivity contribution in [3.8, 4) is 11.3 Å². The Morgan fingerprint density at radius 1 is 1.15 bits per heavy atom. The predicted molar refractivity (Wildman–Crippen MR) is 108 cm³/mol. The van der Waals surface area contributed by atoms with Gasteiger partial charge >= 0.3 is 0 Å². The van der Waals surface area contributed by atoms with Gasteiger partial charge in [0, 0.05) is 34.6 Å². The molecule has 3 nitrogen and oxygen atoms in total. The molecule has 3 N–H and O–H groups in total. The Hall–Kier alpha value is -2.39. The molecule has 2 unspecified atom stereocenters. The number of aromatic amines is 1. The van der Waals surface area contributed by atoms with Crippen LogP contribution in [-0.2, 0) is 0 Å². The van der Waals surface area contributed by atoms with Crippen molar-refractivity contribution in [3.63, 3.8) is 0 Å². The van der Waals surface area contributed by atoms with Crippen LogP contribution in [0, 0.1) is 0 Å². The van der Waals surface area contributed by atoms with Crippen LogP contribution in [0.15, 0.2) is 48.5 Å². The smallest absolute Gasteiger partial charge is 0.162 e. The normalized spacial score (nSPS) is 20.4. The fraction of sp³-hybridized carbons (Fsp3) is 0.348. The number of hydrogen-bond acceptors (Lipinski definition) is 2. The molecule has 1 fully saturated rings. The zero-order valence-electron chi connectivity index (χ0n) is 15.3. The summed E-state index contributed by atoms with van der Waals surface area (Å²) in [5.41, 5.74) is 11.9. The first-order valence-electron chi connectivity index (χ1n) is 9.67. The Balaban J connectivity index is 1.89. The summed E-state index contributed by atoms with van der Waals surface area (Å²) >= 11 is 0. The lowest BCUT2D eigenvalue weighted by Gasteiger charge is -2.27. The number of hydrogen-bond donors (Lipinski definition) is 2. The number of nitrogens with two attached hydrogens (primary N) is 1. The Bertz CT molecular complexity index is 926. The van der Waals surface area contributed by atoms with E-state index < -0.39 is 0 Å². The molecule has 1 aliphatic rings. The van der Waals surface area contributed by atoms with Gasteiger partial charge in [0.05, 0.1) is 0 Å². The van der Waals surface area contributed by atoms with E-state index in [4.69, 9.17) is 5.73 Å². The molecule has 4 rings (SSSR count). The zero-order chi connectivity index (χ0) is 18.1. The minimum atomic E-state index is 0.184. The summed E-state index contributed by atoms with van der Waals surface area (Å²) < 4.78 is 0. The molecule has 1 heterocycles. The molecule has 2 aromatic carbocycles. The average molecular weight is 346 g/mol. The number of Topliss-reactive ketones (excluding diaryl/α,β-unsaturated/α-hetero) is 1. The topological polar surface area (TPSA) is 58.9 Å². The molecule has 3 aromatic rings. The summed E-state index contributed by atoms with van der Waals surface area (Å²) in [4.78, 5) is 15.8. The fourth-order valence-corrected chi connectivity index (χ4v) is 4.34. The lowest BCUT2D eigenvalue weighted by Crippen LogP contribution is -2.26. The maximum atomic E-state index is 12.1. The third-order valence-electron chi connectivity index (χ3n) is 5.67. The zero-order valence-corrected chi connectivity index (χ0v) is 15.3. The predicted octanol–water partition coefficient (Wildman–Crippen LogP) is 5.41. The van der Waals surface area contributed by atoms with Crippen LogP contribution in [-0.4, -0.2) is 16.8 Å². The lowest BCUT2D eigenvalue weighted by molar-refractivity contribution is 0.0988. The van der Waals surface area contributed by atoms with Gasteiger partial charge in [-0.15, -0.1) is 0 Å². The summed E-state index contributed by atoms with van der Waals surface area (Å²) in [6.07, 6.45) is 5.04. The number of carbonyl (C=O) groups excluding carboxylic acids is 1. The van der Waals surface area contributed by atoms with E-state index in [9.17, 15) is 4.79 Å². The largest absolute Gasteiger partial charge is 0.354 e. The summed E-state index contributed by atoms with van der Waals surface area (Å²) in [5.74, 6) is 0.652. The molecule has 0 spiro atoms. The monoisotopic (exact) mass is 346 g/mol. The van der Waals surface area contributed by atoms with Crippen molar-refractivity contribution >= 4 is 16.7 Å². The van der Waals surface area contributed by atoms with E-state index in [1.807, 2.05) is 25.1 Å². The van der Waals surface area contributed by atoms with Gasteiger partial charge in [-0.1, -0.05) is 55.8 Å². The summed E-state index contributed by atoms with van der Waals surface area (Å²) in [6, 6.07) is 16.9. The van der Waals surface area contributed by atoms with E-state index in [2.05, 4.69) is 35.3 Å². The van der Waals surface area contributed by atoms with Crippen LogP contribution < -0.4 is 5.73 Å². The second-order valence-corrected chi connectivity index (χ2v) is 7.44. The fourth-order valence-electron chi connectivity index (χ4n) is 4.34. The van der Waals surface area contributed by atoms with Crippen molar-refractivity contribution < 1.29 is 4.79 Å². The highest BCUT2D eigenvalue weighted by Gasteiger charge is 2.26. The van der Waals surface area contributed by atoms with Gasteiger partial charge in [-0.05, 0) is 42.4 Å². The molecule has 0 saturated heterocycles. The van der Waals surface area contributed by atoms with Crippen LogP contribution in [0.3, 0.4) is 0 Å². The average Bonchev–Trinajstić information content (AvgIpc) is 3.06. The molecular formula is C23H26N2O. The van der Waals surface area contributed by atoms with E-state index >= 15 is 0 Å². The second-order valence-electron chi connectivity index (χ2n) is 7.44. The molecule has 0 radical (unpaired) electrons. The summed E-state index contributed by atoms with van der Waals surface area (Å²) in [6.45, 7) is 1.91. The maximum absolute atomic E-state index is 12.1. The van der Waals surface area contributed by atoms with Crippen LogP contribution >= 0.6 is 0 Å². The van der Waals surface area contributed by atoms with Gasteiger partial charge in [0.2, 0.25) is 0 Å². The maximum Gasteiger partial charge on any atom is 0.162 e. The SMILES string of the molecule is CCC(=O)c1ccc2c(C3CCCC(N)C3)c(-c3ccccc3)[nH]c2c1. The Morgan fingerprint density at radius 2 is 1.96 bits per heavy atom. The standard InChI is InChI=1S/C23H26N2O/c1-2-21(26)16-11-12-19-20(14-16)25-23(15-7-4-3-5-8-15)22(19)17-9-6-10-18(24)13-17/h3-5,7-8,11-12,14,17-18,25H,2,6,9-10,13,24H2,1H3. The van der Waals surface area contributed by atoms with E-state index in [1.165, 1.54) is 35.0 Å². The number of ketones is 1. The van der Waals surface area contributed by atoms with Crippen LogP contribution in [0.4, 0.5) is 0 Å². The number of aromatic nitrogens is 1. The number of fused-ring (bicyclic) bond motifs is 1. The van der Waals surface area contributed by atoms with Crippen LogP contribution in [0.25, 0.3) is 22.2 Å². The van der Waals surface area contributed by atoms with Crippen LogP contribution in [0.5, 0.6) is 0 Å². The first-order chi connectivity index (χ1) is 12.7. The highest BCUT2D eigenvalue weighted by molar-refractivity contribution is 6.01. The van der Waals surface area contributed by atoms with Gasteiger partial charge in [-0.2, -0.15) is 0 Å². The molecule has 1 aliphatic carbocycles. The number of rotatable bonds is 4. The van der Waals surface area contributed by atoms with Gasteiger partial charge in [-0.3, -0.25) is 4.79 Å². The third kappa shape index (κ3) is 3.08. The number of benzene rings is 2. The number of H-pyrrole nitrogens is 1. The number of nitrogens with one attached hydrogen (secondary N) is 1. The second kappa shape index (κ2) is 7.08. The molecule has 3 heteroatoms.